The third-order valence-electron chi connectivity index (χ3n) is 6.97. The molecular formula is C27H18ClN. The van der Waals surface area contributed by atoms with Crippen molar-refractivity contribution in [3.63, 3.8) is 0 Å². The Balaban J connectivity index is 1.88. The zero-order valence-corrected chi connectivity index (χ0v) is 17.0. The standard InChI is InChI=1S/C27H18ClN/c1-27(2)20-12-11-18-16-7-3-5-9-22(16)29-23-10-6-4-8-17(23)19-13-15(28)14-21(27)24(19)25(20)26(18)29/h3-14H,1-2H3. The molecule has 138 valence electrons. The highest BCUT2D eigenvalue weighted by Gasteiger charge is 2.41. The summed E-state index contributed by atoms with van der Waals surface area (Å²) in [5, 5.41) is 3.44. The monoisotopic (exact) mass is 391 g/mol. The van der Waals surface area contributed by atoms with Crippen molar-refractivity contribution in [2.75, 3.05) is 0 Å². The van der Waals surface area contributed by atoms with Gasteiger partial charge in [0.2, 0.25) is 0 Å². The molecular weight excluding hydrogens is 374 g/mol. The molecule has 5 aromatic rings. The van der Waals surface area contributed by atoms with Crippen LogP contribution in [0.1, 0.15) is 25.0 Å². The van der Waals surface area contributed by atoms with E-state index in [1.54, 1.807) is 0 Å². The van der Waals surface area contributed by atoms with Gasteiger partial charge in [-0.15, -0.1) is 0 Å². The summed E-state index contributed by atoms with van der Waals surface area (Å²) in [5.74, 6) is 0. The average molecular weight is 392 g/mol. The lowest BCUT2D eigenvalue weighted by Gasteiger charge is -2.23. The first kappa shape index (κ1) is 15.8. The Bertz CT molecular complexity index is 1530. The lowest BCUT2D eigenvalue weighted by molar-refractivity contribution is 0.661. The first-order chi connectivity index (χ1) is 14.1. The Morgan fingerprint density at radius 3 is 2.41 bits per heavy atom. The van der Waals surface area contributed by atoms with Crippen LogP contribution in [0.3, 0.4) is 0 Å². The van der Waals surface area contributed by atoms with Crippen LogP contribution in [-0.4, -0.2) is 4.57 Å². The minimum absolute atomic E-state index is 0.0773. The molecule has 0 N–H and O–H groups in total. The van der Waals surface area contributed by atoms with Crippen molar-refractivity contribution in [1.82, 2.24) is 4.57 Å². The van der Waals surface area contributed by atoms with E-state index in [0.717, 1.165) is 5.02 Å². The summed E-state index contributed by atoms with van der Waals surface area (Å²) >= 11 is 6.67. The van der Waals surface area contributed by atoms with Gasteiger partial charge in [-0.3, -0.25) is 0 Å². The van der Waals surface area contributed by atoms with Gasteiger partial charge in [0.1, 0.15) is 0 Å². The average Bonchev–Trinajstić information content (AvgIpc) is 3.12. The SMILES string of the molecule is CC1(C)c2cc(Cl)cc3c2-c2c1ccc1c4ccccc4n(c21)-c1ccccc1-3. The predicted octanol–water partition coefficient (Wildman–Crippen LogP) is 7.72. The first-order valence-corrected chi connectivity index (χ1v) is 10.5. The van der Waals surface area contributed by atoms with Crippen LogP contribution in [0, 0.1) is 0 Å². The second-order valence-electron chi connectivity index (χ2n) is 8.75. The van der Waals surface area contributed by atoms with Gasteiger partial charge in [0.05, 0.1) is 16.7 Å². The van der Waals surface area contributed by atoms with Crippen LogP contribution in [0.25, 0.3) is 49.7 Å². The minimum atomic E-state index is -0.0773. The van der Waals surface area contributed by atoms with E-state index in [-0.39, 0.29) is 5.41 Å². The normalized spacial score (nSPS) is 15.0. The maximum atomic E-state index is 6.67. The number of rotatable bonds is 0. The van der Waals surface area contributed by atoms with Crippen molar-refractivity contribution in [2.45, 2.75) is 19.3 Å². The first-order valence-electron chi connectivity index (χ1n) is 10.1. The lowest BCUT2D eigenvalue weighted by Crippen LogP contribution is -2.15. The Hall–Kier alpha value is -3.03. The fraction of sp³-hybridized carbons (Fsp3) is 0.111. The highest BCUT2D eigenvalue weighted by Crippen LogP contribution is 2.58. The molecule has 0 spiro atoms. The van der Waals surface area contributed by atoms with E-state index in [0.29, 0.717) is 0 Å². The molecule has 1 aliphatic heterocycles. The molecule has 29 heavy (non-hydrogen) atoms. The molecule has 0 saturated carbocycles. The number of fused-ring (bicyclic) bond motifs is 6. The lowest BCUT2D eigenvalue weighted by atomic mass is 9.81. The third-order valence-corrected chi connectivity index (χ3v) is 7.19. The van der Waals surface area contributed by atoms with E-state index in [4.69, 9.17) is 11.6 Å². The number of hydrogen-bond acceptors (Lipinski definition) is 0. The highest BCUT2D eigenvalue weighted by molar-refractivity contribution is 6.31. The van der Waals surface area contributed by atoms with Crippen LogP contribution in [0.5, 0.6) is 0 Å². The molecule has 1 aromatic heterocycles. The van der Waals surface area contributed by atoms with Gasteiger partial charge in [0.25, 0.3) is 0 Å². The molecule has 2 heterocycles. The second-order valence-corrected chi connectivity index (χ2v) is 9.19. The van der Waals surface area contributed by atoms with E-state index in [9.17, 15) is 0 Å². The van der Waals surface area contributed by atoms with Gasteiger partial charge >= 0.3 is 0 Å². The van der Waals surface area contributed by atoms with Gasteiger partial charge in [-0.2, -0.15) is 0 Å². The van der Waals surface area contributed by atoms with Crippen LogP contribution in [0.2, 0.25) is 5.02 Å². The van der Waals surface area contributed by atoms with Crippen molar-refractivity contribution in [2.24, 2.45) is 0 Å². The zero-order chi connectivity index (χ0) is 19.5. The highest BCUT2D eigenvalue weighted by atomic mass is 35.5. The minimum Gasteiger partial charge on any atom is -0.308 e. The van der Waals surface area contributed by atoms with E-state index in [2.05, 4.69) is 91.2 Å². The van der Waals surface area contributed by atoms with E-state index < -0.39 is 0 Å². The Kier molecular flexibility index (Phi) is 2.69. The van der Waals surface area contributed by atoms with Crippen LogP contribution in [0.4, 0.5) is 0 Å². The quantitative estimate of drug-likeness (QED) is 0.249. The number of halogens is 1. The van der Waals surface area contributed by atoms with E-state index in [1.165, 1.54) is 60.9 Å². The molecule has 4 aromatic carbocycles. The molecule has 0 radical (unpaired) electrons. The largest absolute Gasteiger partial charge is 0.308 e. The third kappa shape index (κ3) is 1.70. The Morgan fingerprint density at radius 1 is 0.724 bits per heavy atom. The molecule has 1 nitrogen and oxygen atoms in total. The van der Waals surface area contributed by atoms with Gasteiger partial charge in [-0.05, 0) is 46.5 Å². The number of aromatic nitrogens is 1. The summed E-state index contributed by atoms with van der Waals surface area (Å²) in [6.45, 7) is 4.65. The molecule has 2 heteroatoms. The van der Waals surface area contributed by atoms with Gasteiger partial charge in [-0.25, -0.2) is 0 Å². The van der Waals surface area contributed by atoms with Gasteiger partial charge in [0.15, 0.2) is 0 Å². The zero-order valence-electron chi connectivity index (χ0n) is 16.3. The Morgan fingerprint density at radius 2 is 1.52 bits per heavy atom. The summed E-state index contributed by atoms with van der Waals surface area (Å²) in [4.78, 5) is 0. The summed E-state index contributed by atoms with van der Waals surface area (Å²) in [6.07, 6.45) is 0. The van der Waals surface area contributed by atoms with Crippen LogP contribution in [0.15, 0.2) is 72.8 Å². The second kappa shape index (κ2) is 4.93. The molecule has 0 saturated heterocycles. The summed E-state index contributed by atoms with van der Waals surface area (Å²) in [5.41, 5.74) is 11.7. The maximum absolute atomic E-state index is 6.67. The number of hydrogen-bond donors (Lipinski definition) is 0. The van der Waals surface area contributed by atoms with Gasteiger partial charge in [0, 0.05) is 32.3 Å². The Labute approximate surface area is 174 Å². The van der Waals surface area contributed by atoms with Crippen LogP contribution in [-0.2, 0) is 5.41 Å². The summed E-state index contributed by atoms with van der Waals surface area (Å²) in [7, 11) is 0. The van der Waals surface area contributed by atoms with Crippen molar-refractivity contribution >= 4 is 33.4 Å². The molecule has 2 aliphatic rings. The molecule has 0 bridgehead atoms. The molecule has 7 rings (SSSR count). The molecule has 0 atom stereocenters. The van der Waals surface area contributed by atoms with Gasteiger partial charge < -0.3 is 4.57 Å². The van der Waals surface area contributed by atoms with Crippen molar-refractivity contribution in [3.8, 4) is 27.9 Å². The number of benzene rings is 4. The molecule has 0 fully saturated rings. The number of nitrogens with zero attached hydrogens (tertiary/aromatic N) is 1. The van der Waals surface area contributed by atoms with Crippen molar-refractivity contribution in [3.05, 3.63) is 88.9 Å². The molecule has 1 aliphatic carbocycles. The smallest absolute Gasteiger partial charge is 0.0623 e. The topological polar surface area (TPSA) is 4.93 Å². The van der Waals surface area contributed by atoms with E-state index >= 15 is 0 Å². The van der Waals surface area contributed by atoms with Crippen LogP contribution < -0.4 is 0 Å². The summed E-state index contributed by atoms with van der Waals surface area (Å²) < 4.78 is 2.47. The van der Waals surface area contributed by atoms with Crippen molar-refractivity contribution < 1.29 is 0 Å². The van der Waals surface area contributed by atoms with Gasteiger partial charge in [-0.1, -0.05) is 74.0 Å². The number of para-hydroxylation sites is 2. The summed E-state index contributed by atoms with van der Waals surface area (Å²) in [6, 6.07) is 26.5. The van der Waals surface area contributed by atoms with E-state index in [1.807, 2.05) is 0 Å². The molecule has 0 amide bonds. The fourth-order valence-electron chi connectivity index (χ4n) is 5.70. The van der Waals surface area contributed by atoms with Crippen LogP contribution >= 0.6 is 11.6 Å². The molecule has 0 unspecified atom stereocenters. The maximum Gasteiger partial charge on any atom is 0.0623 e. The van der Waals surface area contributed by atoms with Crippen molar-refractivity contribution in [1.29, 1.82) is 0 Å². The fourth-order valence-corrected chi connectivity index (χ4v) is 5.92. The predicted molar refractivity (Wildman–Crippen MR) is 122 cm³/mol.